The van der Waals surface area contributed by atoms with Crippen molar-refractivity contribution in [2.45, 2.75) is 26.4 Å². The highest BCUT2D eigenvalue weighted by Crippen LogP contribution is 2.23. The molecule has 0 radical (unpaired) electrons. The molecule has 0 bridgehead atoms. The van der Waals surface area contributed by atoms with Gasteiger partial charge in [-0.05, 0) is 51.1 Å². The van der Waals surface area contributed by atoms with E-state index < -0.39 is 23.3 Å². The standard InChI is InChI=1S/C19H20FNO4/c1-19(2,3)25-18(23)21-15-8-6-5-7-13(15)17(22)12-9-10-16(24-4)14(20)11-12/h5-11H,1-4H3,(H,21,23). The van der Waals surface area contributed by atoms with Crippen LogP contribution in [-0.2, 0) is 4.74 Å². The zero-order valence-electron chi connectivity index (χ0n) is 14.6. The van der Waals surface area contributed by atoms with Crippen LogP contribution in [0, 0.1) is 5.82 Å². The predicted octanol–water partition coefficient (Wildman–Crippen LogP) is 4.41. The number of amides is 1. The van der Waals surface area contributed by atoms with Gasteiger partial charge in [0.05, 0.1) is 12.8 Å². The molecule has 2 aromatic rings. The van der Waals surface area contributed by atoms with Crippen LogP contribution in [-0.4, -0.2) is 24.6 Å². The first-order chi connectivity index (χ1) is 11.7. The molecule has 0 aromatic heterocycles. The lowest BCUT2D eigenvalue weighted by Crippen LogP contribution is -2.27. The molecule has 2 aromatic carbocycles. The topological polar surface area (TPSA) is 64.6 Å². The third-order valence-corrected chi connectivity index (χ3v) is 3.22. The minimum absolute atomic E-state index is 0.0525. The highest BCUT2D eigenvalue weighted by molar-refractivity contribution is 6.13. The van der Waals surface area contributed by atoms with Gasteiger partial charge in [-0.25, -0.2) is 9.18 Å². The Morgan fingerprint density at radius 2 is 1.76 bits per heavy atom. The normalized spacial score (nSPS) is 10.9. The van der Waals surface area contributed by atoms with E-state index in [2.05, 4.69) is 5.32 Å². The molecule has 1 amide bonds. The number of carbonyl (C=O) groups excluding carboxylic acids is 2. The maximum absolute atomic E-state index is 13.9. The fourth-order valence-electron chi connectivity index (χ4n) is 2.17. The van der Waals surface area contributed by atoms with Crippen LogP contribution in [0.25, 0.3) is 0 Å². The number of halogens is 1. The fourth-order valence-corrected chi connectivity index (χ4v) is 2.17. The molecular weight excluding hydrogens is 325 g/mol. The van der Waals surface area contributed by atoms with Crippen molar-refractivity contribution in [3.8, 4) is 5.75 Å². The van der Waals surface area contributed by atoms with E-state index >= 15 is 0 Å². The molecule has 0 aliphatic rings. The molecule has 0 aliphatic heterocycles. The predicted molar refractivity (Wildman–Crippen MR) is 92.7 cm³/mol. The lowest BCUT2D eigenvalue weighted by Gasteiger charge is -2.20. The van der Waals surface area contributed by atoms with E-state index in [1.807, 2.05) is 0 Å². The van der Waals surface area contributed by atoms with Crippen LogP contribution >= 0.6 is 0 Å². The Hall–Kier alpha value is -2.89. The molecule has 25 heavy (non-hydrogen) atoms. The van der Waals surface area contributed by atoms with Gasteiger partial charge in [0.25, 0.3) is 0 Å². The van der Waals surface area contributed by atoms with Crippen LogP contribution in [0.5, 0.6) is 5.75 Å². The summed E-state index contributed by atoms with van der Waals surface area (Å²) < 4.78 is 23.9. The third-order valence-electron chi connectivity index (χ3n) is 3.22. The monoisotopic (exact) mass is 345 g/mol. The summed E-state index contributed by atoms with van der Waals surface area (Å²) in [5.74, 6) is -1.00. The molecule has 0 saturated heterocycles. The molecule has 0 heterocycles. The number of anilines is 1. The molecule has 6 heteroatoms. The number of methoxy groups -OCH3 is 1. The summed E-state index contributed by atoms with van der Waals surface area (Å²) in [6.45, 7) is 5.22. The summed E-state index contributed by atoms with van der Waals surface area (Å²) in [5, 5.41) is 2.55. The van der Waals surface area contributed by atoms with Gasteiger partial charge in [-0.15, -0.1) is 0 Å². The van der Waals surface area contributed by atoms with Crippen LogP contribution in [0.3, 0.4) is 0 Å². The Kier molecular flexibility index (Phi) is 5.41. The van der Waals surface area contributed by atoms with Gasteiger partial charge in [0, 0.05) is 11.1 Å². The quantitative estimate of drug-likeness (QED) is 0.834. The van der Waals surface area contributed by atoms with Crippen LogP contribution in [0.15, 0.2) is 42.5 Å². The second kappa shape index (κ2) is 7.34. The zero-order chi connectivity index (χ0) is 18.6. The van der Waals surface area contributed by atoms with Crippen molar-refractivity contribution >= 4 is 17.6 Å². The number of ketones is 1. The number of para-hydroxylation sites is 1. The number of ether oxygens (including phenoxy) is 2. The number of hydrogen-bond acceptors (Lipinski definition) is 4. The average molecular weight is 345 g/mol. The van der Waals surface area contributed by atoms with Crippen molar-refractivity contribution < 1.29 is 23.5 Å². The molecule has 0 atom stereocenters. The van der Waals surface area contributed by atoms with Crippen LogP contribution in [0.1, 0.15) is 36.7 Å². The number of rotatable bonds is 4. The van der Waals surface area contributed by atoms with E-state index in [4.69, 9.17) is 9.47 Å². The van der Waals surface area contributed by atoms with E-state index in [0.29, 0.717) is 0 Å². The van der Waals surface area contributed by atoms with Gasteiger partial charge in [0.1, 0.15) is 5.60 Å². The van der Waals surface area contributed by atoms with Crippen molar-refractivity contribution in [3.63, 3.8) is 0 Å². The molecule has 5 nitrogen and oxygen atoms in total. The highest BCUT2D eigenvalue weighted by atomic mass is 19.1. The molecule has 0 saturated carbocycles. The first-order valence-electron chi connectivity index (χ1n) is 7.68. The van der Waals surface area contributed by atoms with Crippen molar-refractivity contribution in [1.82, 2.24) is 0 Å². The summed E-state index contributed by atoms with van der Waals surface area (Å²) in [6.07, 6.45) is -0.673. The molecule has 0 aliphatic carbocycles. The molecule has 0 fully saturated rings. The minimum Gasteiger partial charge on any atom is -0.494 e. The van der Waals surface area contributed by atoms with E-state index in [9.17, 15) is 14.0 Å². The Labute approximate surface area is 145 Å². The number of benzene rings is 2. The second-order valence-corrected chi connectivity index (χ2v) is 6.35. The second-order valence-electron chi connectivity index (χ2n) is 6.35. The molecule has 2 rings (SSSR count). The largest absolute Gasteiger partial charge is 0.494 e. The average Bonchev–Trinajstić information content (AvgIpc) is 2.52. The van der Waals surface area contributed by atoms with Crippen molar-refractivity contribution in [2.75, 3.05) is 12.4 Å². The van der Waals surface area contributed by atoms with Gasteiger partial charge in [0.15, 0.2) is 17.3 Å². The molecule has 0 unspecified atom stereocenters. The van der Waals surface area contributed by atoms with Crippen molar-refractivity contribution in [1.29, 1.82) is 0 Å². The Morgan fingerprint density at radius 1 is 1.08 bits per heavy atom. The molecular formula is C19H20FNO4. The Balaban J connectivity index is 2.29. The molecule has 1 N–H and O–H groups in total. The Morgan fingerprint density at radius 3 is 2.36 bits per heavy atom. The van der Waals surface area contributed by atoms with Crippen LogP contribution in [0.2, 0.25) is 0 Å². The number of hydrogen-bond donors (Lipinski definition) is 1. The minimum atomic E-state index is -0.673. The van der Waals surface area contributed by atoms with Gasteiger partial charge in [-0.1, -0.05) is 12.1 Å². The third kappa shape index (κ3) is 4.79. The maximum atomic E-state index is 13.9. The van der Waals surface area contributed by atoms with E-state index in [0.717, 1.165) is 6.07 Å². The van der Waals surface area contributed by atoms with E-state index in [-0.39, 0.29) is 22.6 Å². The molecule has 132 valence electrons. The number of nitrogens with one attached hydrogen (secondary N) is 1. The van der Waals surface area contributed by atoms with E-state index in [1.165, 1.54) is 19.2 Å². The molecule has 0 spiro atoms. The van der Waals surface area contributed by atoms with Crippen LogP contribution in [0.4, 0.5) is 14.9 Å². The van der Waals surface area contributed by atoms with Crippen molar-refractivity contribution in [3.05, 3.63) is 59.4 Å². The first kappa shape index (κ1) is 18.4. The summed E-state index contributed by atoms with van der Waals surface area (Å²) >= 11 is 0. The summed E-state index contributed by atoms with van der Waals surface area (Å²) in [5.41, 5.74) is 0.00921. The van der Waals surface area contributed by atoms with Crippen molar-refractivity contribution in [2.24, 2.45) is 0 Å². The zero-order valence-corrected chi connectivity index (χ0v) is 14.6. The van der Waals surface area contributed by atoms with Gasteiger partial charge in [-0.3, -0.25) is 10.1 Å². The number of carbonyl (C=O) groups is 2. The lowest BCUT2D eigenvalue weighted by atomic mass is 10.0. The SMILES string of the molecule is COc1ccc(C(=O)c2ccccc2NC(=O)OC(C)(C)C)cc1F. The lowest BCUT2D eigenvalue weighted by molar-refractivity contribution is 0.0636. The highest BCUT2D eigenvalue weighted by Gasteiger charge is 2.20. The Bertz CT molecular complexity index is 796. The smallest absolute Gasteiger partial charge is 0.412 e. The maximum Gasteiger partial charge on any atom is 0.412 e. The summed E-state index contributed by atoms with van der Waals surface area (Å²) in [6, 6.07) is 10.4. The van der Waals surface area contributed by atoms with E-state index in [1.54, 1.807) is 45.0 Å². The summed E-state index contributed by atoms with van der Waals surface area (Å²) in [4.78, 5) is 24.6. The fraction of sp³-hybridized carbons (Fsp3) is 0.263. The van der Waals surface area contributed by atoms with Gasteiger partial charge in [0.2, 0.25) is 0 Å². The van der Waals surface area contributed by atoms with Gasteiger partial charge >= 0.3 is 6.09 Å². The van der Waals surface area contributed by atoms with Gasteiger partial charge in [-0.2, -0.15) is 0 Å². The summed E-state index contributed by atoms with van der Waals surface area (Å²) in [7, 11) is 1.35. The van der Waals surface area contributed by atoms with Crippen LogP contribution < -0.4 is 10.1 Å². The first-order valence-corrected chi connectivity index (χ1v) is 7.68. The van der Waals surface area contributed by atoms with Gasteiger partial charge < -0.3 is 9.47 Å².